The number of aryl methyl sites for hydroxylation is 1. The highest BCUT2D eigenvalue weighted by Gasteiger charge is 2.21. The number of halogens is 1. The van der Waals surface area contributed by atoms with E-state index in [-0.39, 0.29) is 0 Å². The normalized spacial score (nSPS) is 13.9. The molecule has 2 N–H and O–H groups in total. The number of aromatic amines is 2. The van der Waals surface area contributed by atoms with Gasteiger partial charge in [0.25, 0.3) is 0 Å². The van der Waals surface area contributed by atoms with Gasteiger partial charge in [0, 0.05) is 24.2 Å². The molecule has 0 atom stereocenters. The number of hydrogen-bond acceptors (Lipinski definition) is 2. The standard InChI is InChI=1S/C9H9IN4/c1-4-11-5-2-7-8(3-6(5)12-4)14-9(10)13-7/h2-3H2,1H3,(H,11,12)(H,13,14). The van der Waals surface area contributed by atoms with E-state index < -0.39 is 0 Å². The smallest absolute Gasteiger partial charge is 0.169 e. The lowest BCUT2D eigenvalue weighted by Gasteiger charge is -2.08. The van der Waals surface area contributed by atoms with E-state index in [4.69, 9.17) is 0 Å². The number of rotatable bonds is 0. The van der Waals surface area contributed by atoms with Gasteiger partial charge in [0.05, 0.1) is 11.4 Å². The zero-order valence-corrected chi connectivity index (χ0v) is 9.84. The first-order chi connectivity index (χ1) is 6.72. The topological polar surface area (TPSA) is 57.4 Å². The molecule has 1 aliphatic carbocycles. The Morgan fingerprint density at radius 3 is 2.64 bits per heavy atom. The Hall–Kier alpha value is -0.850. The van der Waals surface area contributed by atoms with Gasteiger partial charge in [0.1, 0.15) is 5.82 Å². The maximum absolute atomic E-state index is 4.45. The minimum atomic E-state index is 0.856. The molecule has 0 radical (unpaired) electrons. The number of H-pyrrole nitrogens is 2. The first kappa shape index (κ1) is 8.46. The molecule has 0 saturated heterocycles. The van der Waals surface area contributed by atoms with Crippen LogP contribution in [0.25, 0.3) is 0 Å². The first-order valence-electron chi connectivity index (χ1n) is 4.50. The van der Waals surface area contributed by atoms with Crippen LogP contribution in [0.2, 0.25) is 0 Å². The lowest BCUT2D eigenvalue weighted by molar-refractivity contribution is 0.911. The second kappa shape index (κ2) is 2.82. The van der Waals surface area contributed by atoms with Crippen molar-refractivity contribution in [3.63, 3.8) is 0 Å². The number of hydrogen-bond donors (Lipinski definition) is 2. The van der Waals surface area contributed by atoms with Gasteiger partial charge in [-0.15, -0.1) is 0 Å². The van der Waals surface area contributed by atoms with Crippen LogP contribution in [0.5, 0.6) is 0 Å². The number of aromatic nitrogens is 4. The molecule has 0 bridgehead atoms. The Balaban J connectivity index is 2.10. The third-order valence-electron chi connectivity index (χ3n) is 2.51. The maximum atomic E-state index is 4.45. The van der Waals surface area contributed by atoms with Crippen LogP contribution >= 0.6 is 22.6 Å². The monoisotopic (exact) mass is 300 g/mol. The zero-order chi connectivity index (χ0) is 9.71. The van der Waals surface area contributed by atoms with Gasteiger partial charge in [-0.05, 0) is 29.5 Å². The average Bonchev–Trinajstić information content (AvgIpc) is 2.59. The molecule has 0 aromatic carbocycles. The van der Waals surface area contributed by atoms with E-state index in [0.717, 1.165) is 33.9 Å². The Morgan fingerprint density at radius 2 is 1.79 bits per heavy atom. The molecule has 2 aromatic rings. The highest BCUT2D eigenvalue weighted by Crippen LogP contribution is 2.23. The molecule has 3 rings (SSSR count). The van der Waals surface area contributed by atoms with E-state index in [1.54, 1.807) is 0 Å². The van der Waals surface area contributed by atoms with Crippen LogP contribution in [0.15, 0.2) is 0 Å². The minimum Gasteiger partial charge on any atom is -0.346 e. The minimum absolute atomic E-state index is 0.856. The van der Waals surface area contributed by atoms with Crippen molar-refractivity contribution in [2.45, 2.75) is 19.8 Å². The number of nitrogens with one attached hydrogen (secondary N) is 2. The predicted molar refractivity (Wildman–Crippen MR) is 60.2 cm³/mol. The Labute approximate surface area is 94.7 Å². The molecular weight excluding hydrogens is 291 g/mol. The van der Waals surface area contributed by atoms with E-state index in [1.807, 2.05) is 6.92 Å². The van der Waals surface area contributed by atoms with Crippen molar-refractivity contribution in [2.75, 3.05) is 0 Å². The van der Waals surface area contributed by atoms with Gasteiger partial charge in [-0.1, -0.05) is 0 Å². The van der Waals surface area contributed by atoms with E-state index in [1.165, 1.54) is 11.4 Å². The van der Waals surface area contributed by atoms with Crippen molar-refractivity contribution < 1.29 is 0 Å². The second-order valence-corrected chi connectivity index (χ2v) is 4.58. The van der Waals surface area contributed by atoms with Gasteiger partial charge in [-0.2, -0.15) is 0 Å². The summed E-state index contributed by atoms with van der Waals surface area (Å²) in [6.07, 6.45) is 1.76. The van der Waals surface area contributed by atoms with Crippen molar-refractivity contribution in [1.29, 1.82) is 0 Å². The summed E-state index contributed by atoms with van der Waals surface area (Å²) in [4.78, 5) is 15.4. The summed E-state index contributed by atoms with van der Waals surface area (Å²) >= 11 is 2.21. The van der Waals surface area contributed by atoms with Crippen molar-refractivity contribution in [3.8, 4) is 0 Å². The summed E-state index contributed by atoms with van der Waals surface area (Å²) in [6, 6.07) is 0. The Bertz CT molecular complexity index is 412. The van der Waals surface area contributed by atoms with Gasteiger partial charge in [0.15, 0.2) is 3.83 Å². The summed E-state index contributed by atoms with van der Waals surface area (Å²) in [6.45, 7) is 1.99. The Morgan fingerprint density at radius 1 is 1.07 bits per heavy atom. The van der Waals surface area contributed by atoms with E-state index >= 15 is 0 Å². The van der Waals surface area contributed by atoms with Crippen molar-refractivity contribution in [2.24, 2.45) is 0 Å². The third-order valence-corrected chi connectivity index (χ3v) is 3.02. The fourth-order valence-electron chi connectivity index (χ4n) is 1.92. The first-order valence-corrected chi connectivity index (χ1v) is 5.58. The number of imidazole rings is 2. The SMILES string of the molecule is Cc1nc2c([nH]1)Cc1[nH]c(I)nc1C2. The highest BCUT2D eigenvalue weighted by molar-refractivity contribution is 14.1. The van der Waals surface area contributed by atoms with Gasteiger partial charge in [0.2, 0.25) is 0 Å². The molecule has 1 aliphatic rings. The summed E-state index contributed by atoms with van der Waals surface area (Å²) in [5, 5.41) is 0. The predicted octanol–water partition coefficient (Wildman–Crippen LogP) is 1.54. The van der Waals surface area contributed by atoms with Crippen LogP contribution in [-0.4, -0.2) is 19.9 Å². The fourth-order valence-corrected chi connectivity index (χ4v) is 2.54. The van der Waals surface area contributed by atoms with Crippen LogP contribution in [0.1, 0.15) is 28.6 Å². The Kier molecular flexibility index (Phi) is 1.70. The number of fused-ring (bicyclic) bond motifs is 2. The summed E-state index contributed by atoms with van der Waals surface area (Å²) in [5.41, 5.74) is 4.76. The number of nitrogens with zero attached hydrogens (tertiary/aromatic N) is 2. The zero-order valence-electron chi connectivity index (χ0n) is 7.69. The molecule has 14 heavy (non-hydrogen) atoms. The van der Waals surface area contributed by atoms with Gasteiger partial charge < -0.3 is 9.97 Å². The molecule has 2 aromatic heterocycles. The third kappa shape index (κ3) is 1.18. The molecule has 4 nitrogen and oxygen atoms in total. The lowest BCUT2D eigenvalue weighted by Crippen LogP contribution is -2.06. The quantitative estimate of drug-likeness (QED) is 0.619. The molecule has 0 amide bonds. The van der Waals surface area contributed by atoms with Gasteiger partial charge in [-0.25, -0.2) is 9.97 Å². The van der Waals surface area contributed by atoms with Crippen LogP contribution in [0.3, 0.4) is 0 Å². The molecule has 0 unspecified atom stereocenters. The van der Waals surface area contributed by atoms with Crippen LogP contribution in [0, 0.1) is 10.8 Å². The summed E-state index contributed by atoms with van der Waals surface area (Å²) in [7, 11) is 0. The molecule has 5 heteroatoms. The van der Waals surface area contributed by atoms with E-state index in [2.05, 4.69) is 42.5 Å². The maximum Gasteiger partial charge on any atom is 0.169 e. The van der Waals surface area contributed by atoms with E-state index in [0.29, 0.717) is 0 Å². The van der Waals surface area contributed by atoms with Gasteiger partial charge >= 0.3 is 0 Å². The van der Waals surface area contributed by atoms with Crippen molar-refractivity contribution in [1.82, 2.24) is 19.9 Å². The van der Waals surface area contributed by atoms with Gasteiger partial charge in [-0.3, -0.25) is 0 Å². The molecule has 2 heterocycles. The fraction of sp³-hybridized carbons (Fsp3) is 0.333. The average molecular weight is 300 g/mol. The van der Waals surface area contributed by atoms with Crippen LogP contribution < -0.4 is 0 Å². The second-order valence-electron chi connectivity index (χ2n) is 3.55. The lowest BCUT2D eigenvalue weighted by atomic mass is 10.0. The molecular formula is C9H9IN4. The molecule has 72 valence electrons. The summed E-state index contributed by atoms with van der Waals surface area (Å²) < 4.78 is 0.967. The molecule has 0 spiro atoms. The van der Waals surface area contributed by atoms with Crippen molar-refractivity contribution in [3.05, 3.63) is 32.4 Å². The van der Waals surface area contributed by atoms with E-state index in [9.17, 15) is 0 Å². The largest absolute Gasteiger partial charge is 0.346 e. The summed E-state index contributed by atoms with van der Waals surface area (Å²) in [5.74, 6) is 0.995. The highest BCUT2D eigenvalue weighted by atomic mass is 127. The molecule has 0 fully saturated rings. The molecule has 0 aliphatic heterocycles. The van der Waals surface area contributed by atoms with Crippen LogP contribution in [0.4, 0.5) is 0 Å². The van der Waals surface area contributed by atoms with Crippen LogP contribution in [-0.2, 0) is 12.8 Å². The van der Waals surface area contributed by atoms with Crippen molar-refractivity contribution >= 4 is 22.6 Å². The molecule has 0 saturated carbocycles.